The molecule has 0 aliphatic carbocycles. The largest absolute Gasteiger partial charge is 0.465 e. The number of benzene rings is 1. The summed E-state index contributed by atoms with van der Waals surface area (Å²) >= 11 is 0. The van der Waals surface area contributed by atoms with Gasteiger partial charge < -0.3 is 19.6 Å². The van der Waals surface area contributed by atoms with E-state index in [0.29, 0.717) is 16.8 Å². The first kappa shape index (κ1) is 15.0. The maximum absolute atomic E-state index is 11.2. The zero-order chi connectivity index (χ0) is 15.2. The smallest absolute Gasteiger partial charge is 0.341 e. The minimum Gasteiger partial charge on any atom is -0.465 e. The van der Waals surface area contributed by atoms with E-state index in [1.807, 2.05) is 0 Å². The molecular weight excluding hydrogens is 275 g/mol. The highest BCUT2D eigenvalue weighted by Gasteiger charge is 2.09. The number of carbonyl (C=O) groups is 1. The Bertz CT molecular complexity index is 633. The quantitative estimate of drug-likeness (QED) is 0.565. The van der Waals surface area contributed by atoms with E-state index in [-0.39, 0.29) is 25.7 Å². The zero-order valence-electron chi connectivity index (χ0n) is 11.3. The number of hydrogen-bond donors (Lipinski definition) is 2. The molecule has 0 saturated heterocycles. The third-order valence-corrected chi connectivity index (χ3v) is 2.78. The molecule has 0 bridgehead atoms. The van der Waals surface area contributed by atoms with Crippen molar-refractivity contribution in [3.8, 4) is 11.8 Å². The van der Waals surface area contributed by atoms with E-state index in [0.717, 1.165) is 0 Å². The van der Waals surface area contributed by atoms with Gasteiger partial charge in [-0.1, -0.05) is 6.07 Å². The highest BCUT2D eigenvalue weighted by Crippen LogP contribution is 2.18. The van der Waals surface area contributed by atoms with Gasteiger partial charge in [-0.3, -0.25) is 0 Å². The molecule has 0 saturated carbocycles. The van der Waals surface area contributed by atoms with Gasteiger partial charge in [0, 0.05) is 12.4 Å². The molecule has 2 aromatic rings. The number of rotatable bonds is 5. The number of aliphatic hydroxyl groups excluding tert-OH is 1. The fourth-order valence-electron chi connectivity index (χ4n) is 1.66. The molecule has 1 aromatic carbocycles. The van der Waals surface area contributed by atoms with E-state index in [4.69, 9.17) is 9.76 Å². The lowest BCUT2D eigenvalue weighted by molar-refractivity contribution is 0.0599. The fourth-order valence-corrected chi connectivity index (χ4v) is 1.66. The number of nitrogens with zero attached hydrogens (tertiary/aromatic N) is 2. The van der Waals surface area contributed by atoms with Gasteiger partial charge in [0.2, 0.25) is 0 Å². The van der Waals surface area contributed by atoms with Gasteiger partial charge in [0.15, 0.2) is 0 Å². The van der Waals surface area contributed by atoms with Crippen LogP contribution in [-0.2, 0) is 11.3 Å². The lowest BCUT2D eigenvalue weighted by Crippen LogP contribution is -2.18. The molecule has 2 rings (SSSR count). The van der Waals surface area contributed by atoms with E-state index >= 15 is 0 Å². The summed E-state index contributed by atoms with van der Waals surface area (Å²) in [5.74, 6) is -0.113. The average Bonchev–Trinajstić information content (AvgIpc) is 2.54. The van der Waals surface area contributed by atoms with Crippen LogP contribution < -0.4 is 10.2 Å². The molecule has 21 heavy (non-hydrogen) atoms. The molecule has 1 heterocycles. The van der Waals surface area contributed by atoms with Crippen LogP contribution in [-0.4, -0.2) is 40.7 Å². The van der Waals surface area contributed by atoms with Crippen molar-refractivity contribution in [2.45, 2.75) is 6.61 Å². The van der Waals surface area contributed by atoms with Crippen LogP contribution in [0.15, 0.2) is 30.6 Å². The average molecular weight is 288 g/mol. The Balaban J connectivity index is 2.16. The minimum absolute atomic E-state index is 0.0586. The monoisotopic (exact) mass is 288 g/mol. The predicted octanol–water partition coefficient (Wildman–Crippen LogP) is -0.483. The van der Waals surface area contributed by atoms with Crippen molar-refractivity contribution in [3.63, 3.8) is 0 Å². The molecule has 108 valence electrons. The van der Waals surface area contributed by atoms with Crippen molar-refractivity contribution in [2.24, 2.45) is 0 Å². The summed E-state index contributed by atoms with van der Waals surface area (Å²) in [6, 6.07) is 4.91. The molecule has 0 atom stereocenters. The molecule has 0 radical (unpaired) electrons. The number of carbonyl (C=O) groups excluding carboxylic acids is 1. The lowest BCUT2D eigenvalue weighted by atomic mass is 9.84. The van der Waals surface area contributed by atoms with E-state index in [1.54, 1.807) is 18.2 Å². The summed E-state index contributed by atoms with van der Waals surface area (Å²) in [7, 11) is 1.10. The Morgan fingerprint density at radius 3 is 2.62 bits per heavy atom. The zero-order valence-corrected chi connectivity index (χ0v) is 11.3. The summed E-state index contributed by atoms with van der Waals surface area (Å²) in [4.78, 5) is 19.0. The number of aromatic nitrogens is 2. The van der Waals surface area contributed by atoms with Crippen molar-refractivity contribution in [2.75, 3.05) is 7.11 Å². The Hall–Kier alpha value is -2.45. The number of esters is 1. The Morgan fingerprint density at radius 2 is 2.05 bits per heavy atom. The van der Waals surface area contributed by atoms with E-state index in [2.05, 4.69) is 14.7 Å². The van der Waals surface area contributed by atoms with Crippen LogP contribution in [0.25, 0.3) is 0 Å². The molecule has 2 N–H and O–H groups in total. The van der Waals surface area contributed by atoms with Crippen molar-refractivity contribution < 1.29 is 24.4 Å². The summed E-state index contributed by atoms with van der Waals surface area (Å²) in [5.41, 5.74) is 1.39. The van der Waals surface area contributed by atoms with Gasteiger partial charge in [0.1, 0.15) is 5.75 Å². The normalized spacial score (nSPS) is 10.0. The van der Waals surface area contributed by atoms with Crippen molar-refractivity contribution in [3.05, 3.63) is 41.7 Å². The lowest BCUT2D eigenvalue weighted by Gasteiger charge is -2.08. The summed E-state index contributed by atoms with van der Waals surface area (Å²) in [5, 5.41) is 18.3. The molecular formula is C13H13BN2O5. The molecule has 0 aliphatic heterocycles. The van der Waals surface area contributed by atoms with Gasteiger partial charge in [-0.2, -0.15) is 0 Å². The van der Waals surface area contributed by atoms with Crippen LogP contribution in [0.1, 0.15) is 15.9 Å². The van der Waals surface area contributed by atoms with Crippen molar-refractivity contribution in [1.82, 2.24) is 9.97 Å². The molecule has 8 heteroatoms. The van der Waals surface area contributed by atoms with Gasteiger partial charge >= 0.3 is 19.5 Å². The van der Waals surface area contributed by atoms with Crippen molar-refractivity contribution >= 4 is 18.9 Å². The van der Waals surface area contributed by atoms with Gasteiger partial charge in [-0.05, 0) is 23.2 Å². The predicted molar refractivity (Wildman–Crippen MR) is 74.8 cm³/mol. The molecule has 0 amide bonds. The third-order valence-electron chi connectivity index (χ3n) is 2.78. The highest BCUT2D eigenvalue weighted by atomic mass is 16.5. The van der Waals surface area contributed by atoms with E-state index in [1.165, 1.54) is 19.5 Å². The number of ether oxygens (including phenoxy) is 2. The minimum atomic E-state index is -0.531. The van der Waals surface area contributed by atoms with Crippen LogP contribution in [0, 0.1) is 0 Å². The summed E-state index contributed by atoms with van der Waals surface area (Å²) < 4.78 is 9.96. The van der Waals surface area contributed by atoms with Gasteiger partial charge in [0.05, 0.1) is 19.3 Å². The molecule has 7 nitrogen and oxygen atoms in total. The van der Waals surface area contributed by atoms with Crippen LogP contribution in [0.2, 0.25) is 0 Å². The molecule has 0 fully saturated rings. The first-order valence-corrected chi connectivity index (χ1v) is 6.09. The Labute approximate surface area is 121 Å². The summed E-state index contributed by atoms with van der Waals surface area (Å²) in [6.07, 6.45) is 2.59. The van der Waals surface area contributed by atoms with Gasteiger partial charge in [-0.15, -0.1) is 0 Å². The van der Waals surface area contributed by atoms with Gasteiger partial charge in [-0.25, -0.2) is 14.8 Å². The molecule has 0 spiro atoms. The van der Waals surface area contributed by atoms with Crippen LogP contribution in [0.5, 0.6) is 11.8 Å². The second-order valence-corrected chi connectivity index (χ2v) is 4.09. The molecule has 0 unspecified atom stereocenters. The maximum atomic E-state index is 11.2. The third kappa shape index (κ3) is 3.56. The molecule has 1 aromatic heterocycles. The second kappa shape index (κ2) is 6.82. The van der Waals surface area contributed by atoms with E-state index in [9.17, 15) is 9.90 Å². The number of aliphatic hydroxyl groups is 1. The topological polar surface area (TPSA) is 102 Å². The van der Waals surface area contributed by atoms with Crippen molar-refractivity contribution in [1.29, 1.82) is 0 Å². The van der Waals surface area contributed by atoms with Crippen LogP contribution in [0.3, 0.4) is 0 Å². The highest BCUT2D eigenvalue weighted by molar-refractivity contribution is 6.46. The fraction of sp³-hybridized carbons (Fsp3) is 0.154. The first-order chi connectivity index (χ1) is 10.2. The molecule has 0 aliphatic rings. The number of hydrogen-bond acceptors (Lipinski definition) is 7. The van der Waals surface area contributed by atoms with Crippen LogP contribution in [0.4, 0.5) is 0 Å². The maximum Gasteiger partial charge on any atom is 0.341 e. The first-order valence-electron chi connectivity index (χ1n) is 6.09. The Kier molecular flexibility index (Phi) is 4.86. The SMILES string of the molecule is COC(=O)c1cnc(Oc2ccc(BO)c(CO)c2)nc1. The number of methoxy groups -OCH3 is 1. The second-order valence-electron chi connectivity index (χ2n) is 4.09. The van der Waals surface area contributed by atoms with Gasteiger partial charge in [0.25, 0.3) is 0 Å². The van der Waals surface area contributed by atoms with Crippen LogP contribution >= 0.6 is 0 Å². The standard InChI is InChI=1S/C13H13BN2O5/c1-20-12(18)9-5-15-13(16-6-9)21-10-2-3-11(14-19)8(4-10)7-17/h2-6,14,17,19H,7H2,1H3. The van der Waals surface area contributed by atoms with E-state index < -0.39 is 5.97 Å². The summed E-state index contributed by atoms with van der Waals surface area (Å²) in [6.45, 7) is -0.213. The Morgan fingerprint density at radius 1 is 1.33 bits per heavy atom.